The number of hydrogen-bond donors (Lipinski definition) is 3. The van der Waals surface area contributed by atoms with Crippen LogP contribution < -0.4 is 20.9 Å². The second-order valence-electron chi connectivity index (χ2n) is 9.78. The summed E-state index contributed by atoms with van der Waals surface area (Å²) in [6, 6.07) is 14.5. The topological polar surface area (TPSA) is 90.5 Å². The van der Waals surface area contributed by atoms with E-state index in [0.29, 0.717) is 11.3 Å². The maximum atomic E-state index is 12.8. The van der Waals surface area contributed by atoms with Gasteiger partial charge in [0.2, 0.25) is 11.8 Å². The third-order valence-electron chi connectivity index (χ3n) is 6.84. The van der Waals surface area contributed by atoms with Crippen LogP contribution in [0.15, 0.2) is 48.5 Å². The Bertz CT molecular complexity index is 1040. The minimum absolute atomic E-state index is 0.0288. The first-order chi connectivity index (χ1) is 17.0. The van der Waals surface area contributed by atoms with Crippen LogP contribution in [0, 0.1) is 5.92 Å². The number of nitrogens with one attached hydrogen (secondary N) is 3. The number of amides is 3. The summed E-state index contributed by atoms with van der Waals surface area (Å²) in [6.07, 6.45) is 7.79. The molecule has 7 heteroatoms. The third-order valence-corrected chi connectivity index (χ3v) is 6.84. The molecule has 1 atom stereocenters. The standard InChI is InChI=1S/C28H36N4O3/c1-20(17-26(33)30-24-13-8-14-25(19-24)32-15-5-6-16-32)29-28(35)22-11-7-12-23(18-22)31-27(34)21-9-3-2-4-10-21/h7-8,11-14,18-21H,2-6,9-10,15-17H2,1H3,(H,29,35)(H,30,33)(H,31,34). The second kappa shape index (κ2) is 11.9. The average Bonchev–Trinajstić information content (AvgIpc) is 3.40. The molecular weight excluding hydrogens is 440 g/mol. The first-order valence-electron chi connectivity index (χ1n) is 12.8. The van der Waals surface area contributed by atoms with Crippen LogP contribution in [-0.2, 0) is 9.59 Å². The predicted molar refractivity (Wildman–Crippen MR) is 140 cm³/mol. The van der Waals surface area contributed by atoms with Gasteiger partial charge < -0.3 is 20.9 Å². The number of carbonyl (C=O) groups is 3. The molecule has 2 aliphatic rings. The van der Waals surface area contributed by atoms with Gasteiger partial charge in [0.1, 0.15) is 0 Å². The van der Waals surface area contributed by atoms with Gasteiger partial charge in [-0.05, 0) is 69.0 Å². The van der Waals surface area contributed by atoms with Crippen molar-refractivity contribution in [3.05, 3.63) is 54.1 Å². The fourth-order valence-corrected chi connectivity index (χ4v) is 4.95. The Morgan fingerprint density at radius 3 is 2.31 bits per heavy atom. The molecule has 35 heavy (non-hydrogen) atoms. The smallest absolute Gasteiger partial charge is 0.251 e. The van der Waals surface area contributed by atoms with Gasteiger partial charge in [0.05, 0.1) is 0 Å². The van der Waals surface area contributed by atoms with Crippen molar-refractivity contribution >= 4 is 34.8 Å². The summed E-state index contributed by atoms with van der Waals surface area (Å²) in [6.45, 7) is 3.91. The molecule has 1 aliphatic carbocycles. The van der Waals surface area contributed by atoms with Gasteiger partial charge in [0.25, 0.3) is 5.91 Å². The van der Waals surface area contributed by atoms with Gasteiger partial charge >= 0.3 is 0 Å². The normalized spacial score (nSPS) is 17.0. The lowest BCUT2D eigenvalue weighted by molar-refractivity contribution is -0.120. The van der Waals surface area contributed by atoms with Gasteiger partial charge in [-0.15, -0.1) is 0 Å². The quantitative estimate of drug-likeness (QED) is 0.503. The lowest BCUT2D eigenvalue weighted by atomic mass is 9.88. The van der Waals surface area contributed by atoms with E-state index in [1.807, 2.05) is 25.1 Å². The molecule has 1 heterocycles. The molecule has 4 rings (SSSR count). The Hall–Kier alpha value is -3.35. The van der Waals surface area contributed by atoms with Crippen LogP contribution in [0.2, 0.25) is 0 Å². The zero-order valence-corrected chi connectivity index (χ0v) is 20.5. The van der Waals surface area contributed by atoms with Crippen molar-refractivity contribution in [3.8, 4) is 0 Å². The first-order valence-corrected chi connectivity index (χ1v) is 12.8. The van der Waals surface area contributed by atoms with Crippen molar-refractivity contribution in [2.24, 2.45) is 5.92 Å². The number of benzene rings is 2. The SMILES string of the molecule is CC(CC(=O)Nc1cccc(N2CCCC2)c1)NC(=O)c1cccc(NC(=O)C2CCCCC2)c1. The highest BCUT2D eigenvalue weighted by Gasteiger charge is 2.21. The van der Waals surface area contributed by atoms with Crippen LogP contribution in [0.1, 0.15) is 68.6 Å². The van der Waals surface area contributed by atoms with Gasteiger partial charge in [-0.3, -0.25) is 14.4 Å². The maximum Gasteiger partial charge on any atom is 0.251 e. The van der Waals surface area contributed by atoms with E-state index in [0.717, 1.165) is 50.1 Å². The van der Waals surface area contributed by atoms with Gasteiger partial charge in [-0.2, -0.15) is 0 Å². The Morgan fingerprint density at radius 2 is 1.57 bits per heavy atom. The van der Waals surface area contributed by atoms with E-state index in [4.69, 9.17) is 0 Å². The molecule has 1 aliphatic heterocycles. The Labute approximate surface area is 207 Å². The molecule has 3 amide bonds. The van der Waals surface area contributed by atoms with E-state index in [-0.39, 0.29) is 36.1 Å². The van der Waals surface area contributed by atoms with E-state index in [9.17, 15) is 14.4 Å². The van der Waals surface area contributed by atoms with E-state index in [1.54, 1.807) is 24.3 Å². The molecular formula is C28H36N4O3. The average molecular weight is 477 g/mol. The summed E-state index contributed by atoms with van der Waals surface area (Å²) < 4.78 is 0. The van der Waals surface area contributed by atoms with Gasteiger partial charge in [-0.25, -0.2) is 0 Å². The summed E-state index contributed by atoms with van der Waals surface area (Å²) in [4.78, 5) is 40.2. The summed E-state index contributed by atoms with van der Waals surface area (Å²) in [5, 5.41) is 8.80. The lowest BCUT2D eigenvalue weighted by Gasteiger charge is -2.21. The number of anilines is 3. The van der Waals surface area contributed by atoms with Crippen molar-refractivity contribution < 1.29 is 14.4 Å². The van der Waals surface area contributed by atoms with Crippen molar-refractivity contribution in [2.75, 3.05) is 28.6 Å². The Morgan fingerprint density at radius 1 is 0.886 bits per heavy atom. The molecule has 0 bridgehead atoms. The van der Waals surface area contributed by atoms with E-state index in [1.165, 1.54) is 19.3 Å². The zero-order valence-electron chi connectivity index (χ0n) is 20.5. The van der Waals surface area contributed by atoms with Crippen LogP contribution in [-0.4, -0.2) is 36.9 Å². The molecule has 1 unspecified atom stereocenters. The fourth-order valence-electron chi connectivity index (χ4n) is 4.95. The largest absolute Gasteiger partial charge is 0.371 e. The van der Waals surface area contributed by atoms with Gasteiger partial charge in [0, 0.05) is 54.1 Å². The van der Waals surface area contributed by atoms with Gasteiger partial charge in [0.15, 0.2) is 0 Å². The highest BCUT2D eigenvalue weighted by atomic mass is 16.2. The van der Waals surface area contributed by atoms with Crippen LogP contribution in [0.3, 0.4) is 0 Å². The van der Waals surface area contributed by atoms with E-state index >= 15 is 0 Å². The summed E-state index contributed by atoms with van der Waals surface area (Å²) in [7, 11) is 0. The molecule has 0 spiro atoms. The number of carbonyl (C=O) groups excluding carboxylic acids is 3. The van der Waals surface area contributed by atoms with Crippen LogP contribution in [0.4, 0.5) is 17.1 Å². The summed E-state index contributed by atoms with van der Waals surface area (Å²) in [5.41, 5.74) is 2.96. The van der Waals surface area contributed by atoms with Crippen LogP contribution >= 0.6 is 0 Å². The number of nitrogens with zero attached hydrogens (tertiary/aromatic N) is 1. The van der Waals surface area contributed by atoms with Gasteiger partial charge in [-0.1, -0.05) is 31.4 Å². The molecule has 2 fully saturated rings. The summed E-state index contributed by atoms with van der Waals surface area (Å²) >= 11 is 0. The molecule has 2 aromatic rings. The molecule has 186 valence electrons. The number of hydrogen-bond acceptors (Lipinski definition) is 4. The monoisotopic (exact) mass is 476 g/mol. The molecule has 0 aromatic heterocycles. The van der Waals surface area contributed by atoms with Crippen molar-refractivity contribution in [3.63, 3.8) is 0 Å². The van der Waals surface area contributed by atoms with E-state index in [2.05, 4.69) is 26.9 Å². The second-order valence-corrected chi connectivity index (χ2v) is 9.78. The lowest BCUT2D eigenvalue weighted by Crippen LogP contribution is -2.35. The summed E-state index contributed by atoms with van der Waals surface area (Å²) in [5.74, 6) is -0.336. The molecule has 3 N–H and O–H groups in total. The van der Waals surface area contributed by atoms with Crippen LogP contribution in [0.25, 0.3) is 0 Å². The Kier molecular flexibility index (Phi) is 8.40. The minimum atomic E-state index is -0.343. The molecule has 2 aromatic carbocycles. The predicted octanol–water partition coefficient (Wildman–Crippen LogP) is 4.95. The molecule has 0 radical (unpaired) electrons. The maximum absolute atomic E-state index is 12.8. The highest BCUT2D eigenvalue weighted by molar-refractivity contribution is 5.98. The first kappa shape index (κ1) is 24.8. The minimum Gasteiger partial charge on any atom is -0.371 e. The zero-order chi connectivity index (χ0) is 24.6. The molecule has 1 saturated carbocycles. The fraction of sp³-hybridized carbons (Fsp3) is 0.464. The van der Waals surface area contributed by atoms with Crippen LogP contribution in [0.5, 0.6) is 0 Å². The van der Waals surface area contributed by atoms with Crippen molar-refractivity contribution in [1.29, 1.82) is 0 Å². The van der Waals surface area contributed by atoms with E-state index < -0.39 is 0 Å². The molecule has 1 saturated heterocycles. The number of rotatable bonds is 8. The molecule has 7 nitrogen and oxygen atoms in total. The third kappa shape index (κ3) is 7.07. The van der Waals surface area contributed by atoms with Crippen molar-refractivity contribution in [1.82, 2.24) is 5.32 Å². The Balaban J connectivity index is 1.27. The van der Waals surface area contributed by atoms with Crippen molar-refractivity contribution in [2.45, 2.75) is 64.3 Å². The highest BCUT2D eigenvalue weighted by Crippen LogP contribution is 2.25.